The Hall–Kier alpha value is -4.20. The van der Waals surface area contributed by atoms with Gasteiger partial charge in [0.2, 0.25) is 0 Å². The smallest absolute Gasteiger partial charge is 0.302 e. The van der Waals surface area contributed by atoms with E-state index < -0.39 is 11.8 Å². The monoisotopic (exact) mass is 400 g/mol. The molecule has 0 saturated heterocycles. The summed E-state index contributed by atoms with van der Waals surface area (Å²) in [5.74, 6) is -0.476. The Morgan fingerprint density at radius 2 is 1.73 bits per heavy atom. The third-order valence-corrected chi connectivity index (χ3v) is 4.87. The molecule has 1 aliphatic rings. The molecular weight excluding hydrogens is 384 g/mol. The number of nitrogens with zero attached hydrogens (tertiary/aromatic N) is 2. The highest BCUT2D eigenvalue weighted by Crippen LogP contribution is 2.37. The van der Waals surface area contributed by atoms with Gasteiger partial charge in [-0.1, -0.05) is 35.5 Å². The summed E-state index contributed by atoms with van der Waals surface area (Å²) in [6.07, 6.45) is 2.01. The average Bonchev–Trinajstić information content (AvgIpc) is 3.45. The standard InChI is InChI=1S/C22H16N4O4/c1-12-8-18(26-30-12)20(27)25-22-24-19(11-29-22)21(28)23-15-6-7-17-14(10-15)9-13-4-2-3-5-16(13)17/h2-8,10-11H,9H2,1H3,(H,23,28)(H,24,25,27). The molecule has 0 spiro atoms. The summed E-state index contributed by atoms with van der Waals surface area (Å²) < 4.78 is 10.0. The fourth-order valence-corrected chi connectivity index (χ4v) is 3.49. The lowest BCUT2D eigenvalue weighted by atomic mass is 10.1. The molecule has 2 amide bonds. The maximum Gasteiger partial charge on any atom is 0.302 e. The van der Waals surface area contributed by atoms with Crippen LogP contribution in [0.15, 0.2) is 63.7 Å². The third-order valence-electron chi connectivity index (χ3n) is 4.87. The molecule has 8 heteroatoms. The van der Waals surface area contributed by atoms with E-state index in [0.717, 1.165) is 12.0 Å². The van der Waals surface area contributed by atoms with E-state index in [1.54, 1.807) is 6.92 Å². The molecule has 0 atom stereocenters. The molecule has 2 aromatic carbocycles. The van der Waals surface area contributed by atoms with Gasteiger partial charge in [0.15, 0.2) is 11.4 Å². The zero-order valence-electron chi connectivity index (χ0n) is 15.9. The number of carbonyl (C=O) groups excluding carboxylic acids is 2. The summed E-state index contributed by atoms with van der Waals surface area (Å²) in [7, 11) is 0. The van der Waals surface area contributed by atoms with Crippen LogP contribution in [0.25, 0.3) is 11.1 Å². The molecule has 4 aromatic rings. The van der Waals surface area contributed by atoms with E-state index in [0.29, 0.717) is 11.4 Å². The van der Waals surface area contributed by atoms with E-state index in [-0.39, 0.29) is 17.4 Å². The number of rotatable bonds is 4. The number of aryl methyl sites for hydroxylation is 1. The van der Waals surface area contributed by atoms with Gasteiger partial charge < -0.3 is 14.3 Å². The molecule has 0 unspecified atom stereocenters. The first-order valence-electron chi connectivity index (χ1n) is 9.29. The lowest BCUT2D eigenvalue weighted by Gasteiger charge is -2.06. The van der Waals surface area contributed by atoms with Gasteiger partial charge in [0.25, 0.3) is 11.8 Å². The number of hydrogen-bond donors (Lipinski definition) is 2. The Kier molecular flexibility index (Phi) is 4.17. The number of anilines is 2. The van der Waals surface area contributed by atoms with Gasteiger partial charge in [0, 0.05) is 11.8 Å². The number of benzene rings is 2. The molecule has 2 N–H and O–H groups in total. The number of amides is 2. The maximum atomic E-state index is 12.5. The zero-order valence-corrected chi connectivity index (χ0v) is 15.9. The summed E-state index contributed by atoms with van der Waals surface area (Å²) in [4.78, 5) is 28.6. The summed E-state index contributed by atoms with van der Waals surface area (Å²) in [5.41, 5.74) is 5.64. The highest BCUT2D eigenvalue weighted by molar-refractivity contribution is 6.04. The summed E-state index contributed by atoms with van der Waals surface area (Å²) >= 11 is 0. The van der Waals surface area contributed by atoms with Crippen LogP contribution in [0.2, 0.25) is 0 Å². The summed E-state index contributed by atoms with van der Waals surface area (Å²) in [6, 6.07) is 15.5. The fraction of sp³-hybridized carbons (Fsp3) is 0.0909. The van der Waals surface area contributed by atoms with Crippen molar-refractivity contribution in [2.24, 2.45) is 0 Å². The molecule has 2 heterocycles. The SMILES string of the molecule is Cc1cc(C(=O)Nc2nc(C(=O)Nc3ccc4c(c3)Cc3ccccc3-4)co2)no1. The zero-order chi connectivity index (χ0) is 20.7. The van der Waals surface area contributed by atoms with Crippen LogP contribution in [0.5, 0.6) is 0 Å². The van der Waals surface area contributed by atoms with Crippen molar-refractivity contribution in [3.05, 3.63) is 83.1 Å². The highest BCUT2D eigenvalue weighted by atomic mass is 16.5. The fourth-order valence-electron chi connectivity index (χ4n) is 3.49. The van der Waals surface area contributed by atoms with Gasteiger partial charge >= 0.3 is 6.01 Å². The molecule has 148 valence electrons. The van der Waals surface area contributed by atoms with Gasteiger partial charge in [-0.2, -0.15) is 4.98 Å². The Morgan fingerprint density at radius 3 is 2.57 bits per heavy atom. The Bertz CT molecular complexity index is 1290. The quantitative estimate of drug-likeness (QED) is 0.471. The van der Waals surface area contributed by atoms with E-state index >= 15 is 0 Å². The van der Waals surface area contributed by atoms with Crippen molar-refractivity contribution in [3.8, 4) is 11.1 Å². The van der Waals surface area contributed by atoms with E-state index in [2.05, 4.69) is 32.9 Å². The minimum absolute atomic E-state index is 0.0467. The van der Waals surface area contributed by atoms with E-state index in [9.17, 15) is 9.59 Å². The van der Waals surface area contributed by atoms with Crippen molar-refractivity contribution < 1.29 is 18.5 Å². The van der Waals surface area contributed by atoms with Crippen molar-refractivity contribution in [1.29, 1.82) is 0 Å². The predicted molar refractivity (Wildman–Crippen MR) is 108 cm³/mol. The molecule has 2 aromatic heterocycles. The second-order valence-corrected chi connectivity index (χ2v) is 6.97. The summed E-state index contributed by atoms with van der Waals surface area (Å²) in [5, 5.41) is 8.87. The molecule has 0 fully saturated rings. The predicted octanol–water partition coefficient (Wildman–Crippen LogP) is 4.05. The Morgan fingerprint density at radius 1 is 0.933 bits per heavy atom. The number of fused-ring (bicyclic) bond motifs is 3. The number of oxazole rings is 1. The Labute approximate surface area is 170 Å². The van der Waals surface area contributed by atoms with Crippen molar-refractivity contribution in [2.45, 2.75) is 13.3 Å². The van der Waals surface area contributed by atoms with Crippen LogP contribution >= 0.6 is 0 Å². The summed E-state index contributed by atoms with van der Waals surface area (Å²) in [6.45, 7) is 1.68. The minimum Gasteiger partial charge on any atom is -0.431 e. The van der Waals surface area contributed by atoms with Crippen LogP contribution in [0, 0.1) is 6.92 Å². The normalized spacial score (nSPS) is 11.6. The second-order valence-electron chi connectivity index (χ2n) is 6.97. The van der Waals surface area contributed by atoms with Crippen LogP contribution in [0.3, 0.4) is 0 Å². The van der Waals surface area contributed by atoms with Crippen LogP contribution in [0.4, 0.5) is 11.7 Å². The van der Waals surface area contributed by atoms with Crippen LogP contribution in [-0.4, -0.2) is 22.0 Å². The van der Waals surface area contributed by atoms with Gasteiger partial charge in [0.1, 0.15) is 12.0 Å². The Balaban J connectivity index is 1.28. The lowest BCUT2D eigenvalue weighted by Crippen LogP contribution is -2.14. The molecule has 0 bridgehead atoms. The maximum absolute atomic E-state index is 12.5. The van der Waals surface area contributed by atoms with Gasteiger partial charge in [-0.05, 0) is 47.7 Å². The van der Waals surface area contributed by atoms with Gasteiger partial charge in [-0.25, -0.2) is 0 Å². The molecule has 5 rings (SSSR count). The third kappa shape index (κ3) is 3.24. The molecule has 30 heavy (non-hydrogen) atoms. The number of aromatic nitrogens is 2. The van der Waals surface area contributed by atoms with E-state index in [4.69, 9.17) is 8.94 Å². The number of hydrogen-bond acceptors (Lipinski definition) is 6. The van der Waals surface area contributed by atoms with Crippen LogP contribution < -0.4 is 10.6 Å². The molecule has 0 radical (unpaired) electrons. The number of carbonyl (C=O) groups is 2. The largest absolute Gasteiger partial charge is 0.431 e. The second kappa shape index (κ2) is 7.00. The molecular formula is C22H16N4O4. The van der Waals surface area contributed by atoms with E-state index in [1.165, 1.54) is 29.0 Å². The first-order valence-corrected chi connectivity index (χ1v) is 9.29. The highest BCUT2D eigenvalue weighted by Gasteiger charge is 2.20. The molecule has 1 aliphatic carbocycles. The molecule has 0 aliphatic heterocycles. The van der Waals surface area contributed by atoms with Crippen LogP contribution in [0.1, 0.15) is 37.9 Å². The first-order chi connectivity index (χ1) is 14.6. The van der Waals surface area contributed by atoms with Crippen LogP contribution in [-0.2, 0) is 6.42 Å². The van der Waals surface area contributed by atoms with Crippen molar-refractivity contribution in [3.63, 3.8) is 0 Å². The van der Waals surface area contributed by atoms with Gasteiger partial charge in [0.05, 0.1) is 0 Å². The van der Waals surface area contributed by atoms with Gasteiger partial charge in [-0.3, -0.25) is 14.9 Å². The average molecular weight is 400 g/mol. The minimum atomic E-state index is -0.543. The van der Waals surface area contributed by atoms with E-state index in [1.807, 2.05) is 30.3 Å². The number of nitrogens with one attached hydrogen (secondary N) is 2. The van der Waals surface area contributed by atoms with Gasteiger partial charge in [-0.15, -0.1) is 0 Å². The lowest BCUT2D eigenvalue weighted by molar-refractivity contribution is 0.100. The molecule has 0 saturated carbocycles. The van der Waals surface area contributed by atoms with Crippen molar-refractivity contribution in [1.82, 2.24) is 10.1 Å². The van der Waals surface area contributed by atoms with Crippen molar-refractivity contribution >= 4 is 23.5 Å². The van der Waals surface area contributed by atoms with Crippen molar-refractivity contribution in [2.75, 3.05) is 10.6 Å². The topological polar surface area (TPSA) is 110 Å². The first kappa shape index (κ1) is 17.9. The molecule has 8 nitrogen and oxygen atoms in total.